The fourth-order valence-electron chi connectivity index (χ4n) is 4.09. The Morgan fingerprint density at radius 1 is 1.27 bits per heavy atom. The molecule has 1 aliphatic rings. The van der Waals surface area contributed by atoms with E-state index in [9.17, 15) is 19.4 Å². The largest absolute Gasteiger partial charge is 0.504 e. The van der Waals surface area contributed by atoms with Crippen molar-refractivity contribution in [2.24, 2.45) is 0 Å². The summed E-state index contributed by atoms with van der Waals surface area (Å²) in [7, 11) is 1.93. The third kappa shape index (κ3) is 4.69. The van der Waals surface area contributed by atoms with Gasteiger partial charge in [0.1, 0.15) is 5.82 Å². The maximum atomic E-state index is 14.8. The summed E-state index contributed by atoms with van der Waals surface area (Å²) in [5, 5.41) is 23.1. The van der Waals surface area contributed by atoms with E-state index in [2.05, 4.69) is 17.2 Å². The molecule has 4 rings (SSSR count). The molecule has 1 aromatic heterocycles. The van der Waals surface area contributed by atoms with Crippen molar-refractivity contribution in [2.75, 3.05) is 18.9 Å². The van der Waals surface area contributed by atoms with Gasteiger partial charge in [-0.15, -0.1) is 0 Å². The Labute approximate surface area is 200 Å². The Balaban J connectivity index is 1.58. The number of thiazole rings is 1. The van der Waals surface area contributed by atoms with E-state index in [0.717, 1.165) is 17.8 Å². The average Bonchev–Trinajstić information content (AvgIpc) is 3.46. The van der Waals surface area contributed by atoms with Gasteiger partial charge in [0, 0.05) is 21.7 Å². The first kappa shape index (κ1) is 23.5. The first-order chi connectivity index (χ1) is 15.7. The van der Waals surface area contributed by atoms with Crippen LogP contribution in [-0.4, -0.2) is 39.6 Å². The molecule has 1 heterocycles. The third-order valence-electron chi connectivity index (χ3n) is 6.00. The van der Waals surface area contributed by atoms with Gasteiger partial charge in [0.15, 0.2) is 16.6 Å². The van der Waals surface area contributed by atoms with Gasteiger partial charge in [0.25, 0.3) is 0 Å². The van der Waals surface area contributed by atoms with Gasteiger partial charge >= 0.3 is 0 Å². The second-order valence-electron chi connectivity index (χ2n) is 8.36. The second-order valence-corrected chi connectivity index (χ2v) is 9.86. The lowest BCUT2D eigenvalue weighted by molar-refractivity contribution is -0.118. The van der Waals surface area contributed by atoms with E-state index in [-0.39, 0.29) is 23.4 Å². The van der Waals surface area contributed by atoms with Gasteiger partial charge in [0.05, 0.1) is 11.5 Å². The zero-order chi connectivity index (χ0) is 23.8. The minimum Gasteiger partial charge on any atom is -0.504 e. The van der Waals surface area contributed by atoms with Crippen LogP contribution < -0.4 is 5.32 Å². The number of carbonyl (C=O) groups is 1. The van der Waals surface area contributed by atoms with Crippen molar-refractivity contribution >= 4 is 34.0 Å². The molecule has 1 fully saturated rings. The number of phenolic OH excluding ortho intramolecular Hbond substituents is 2. The zero-order valence-corrected chi connectivity index (χ0v) is 19.9. The summed E-state index contributed by atoms with van der Waals surface area (Å²) in [4.78, 5) is 20.3. The summed E-state index contributed by atoms with van der Waals surface area (Å²) < 4.78 is 14.8. The van der Waals surface area contributed by atoms with Crippen LogP contribution in [0.1, 0.15) is 48.2 Å². The molecule has 33 heavy (non-hydrogen) atoms. The van der Waals surface area contributed by atoms with Gasteiger partial charge in [-0.25, -0.2) is 9.37 Å². The highest BCUT2D eigenvalue weighted by Gasteiger charge is 2.51. The van der Waals surface area contributed by atoms with Crippen molar-refractivity contribution in [1.82, 2.24) is 9.88 Å². The highest BCUT2D eigenvalue weighted by Crippen LogP contribution is 2.50. The SMILES string of the molecule is CCCN(C)[C@H](c1cnc(NC(=O)C2(c3ccc(O)c(O)c3)CC2)s1)c1ccc(Cl)cc1F. The Morgan fingerprint density at radius 3 is 2.67 bits per heavy atom. The van der Waals surface area contributed by atoms with Crippen LogP contribution in [0.2, 0.25) is 5.02 Å². The van der Waals surface area contributed by atoms with Crippen molar-refractivity contribution in [3.05, 3.63) is 69.4 Å². The monoisotopic (exact) mass is 489 g/mol. The molecule has 6 nitrogen and oxygen atoms in total. The van der Waals surface area contributed by atoms with Crippen molar-refractivity contribution in [2.45, 2.75) is 37.6 Å². The van der Waals surface area contributed by atoms with Gasteiger partial charge in [0.2, 0.25) is 5.91 Å². The van der Waals surface area contributed by atoms with Gasteiger partial charge < -0.3 is 15.5 Å². The van der Waals surface area contributed by atoms with E-state index in [1.807, 2.05) is 11.9 Å². The van der Waals surface area contributed by atoms with Crippen LogP contribution in [0.15, 0.2) is 42.6 Å². The van der Waals surface area contributed by atoms with Gasteiger partial charge in [-0.1, -0.05) is 42.0 Å². The highest BCUT2D eigenvalue weighted by molar-refractivity contribution is 7.15. The van der Waals surface area contributed by atoms with E-state index in [0.29, 0.717) is 34.1 Å². The topological polar surface area (TPSA) is 85.7 Å². The molecular formula is C24H25ClFN3O3S. The lowest BCUT2D eigenvalue weighted by Gasteiger charge is -2.27. The Hall–Kier alpha value is -2.68. The zero-order valence-electron chi connectivity index (χ0n) is 18.3. The van der Waals surface area contributed by atoms with E-state index >= 15 is 0 Å². The second kappa shape index (κ2) is 9.29. The molecule has 0 saturated heterocycles. The minimum absolute atomic E-state index is 0.218. The van der Waals surface area contributed by atoms with E-state index in [1.165, 1.54) is 29.5 Å². The van der Waals surface area contributed by atoms with Crippen LogP contribution in [-0.2, 0) is 10.2 Å². The smallest absolute Gasteiger partial charge is 0.236 e. The Morgan fingerprint density at radius 2 is 2.03 bits per heavy atom. The molecule has 3 N–H and O–H groups in total. The van der Waals surface area contributed by atoms with E-state index in [4.69, 9.17) is 11.6 Å². The molecule has 0 bridgehead atoms. The fraction of sp³-hybridized carbons (Fsp3) is 0.333. The van der Waals surface area contributed by atoms with Crippen molar-refractivity contribution in [3.63, 3.8) is 0 Å². The van der Waals surface area contributed by atoms with E-state index in [1.54, 1.807) is 24.4 Å². The van der Waals surface area contributed by atoms with E-state index < -0.39 is 11.2 Å². The molecule has 0 radical (unpaired) electrons. The molecule has 0 spiro atoms. The normalized spacial score (nSPS) is 15.4. The Kier molecular flexibility index (Phi) is 6.61. The van der Waals surface area contributed by atoms with Gasteiger partial charge in [-0.2, -0.15) is 0 Å². The number of amides is 1. The number of rotatable bonds is 8. The van der Waals surface area contributed by atoms with Crippen LogP contribution in [0.5, 0.6) is 11.5 Å². The van der Waals surface area contributed by atoms with Crippen LogP contribution in [0, 0.1) is 5.82 Å². The fourth-order valence-corrected chi connectivity index (χ4v) is 5.25. The number of nitrogens with one attached hydrogen (secondary N) is 1. The quantitative estimate of drug-likeness (QED) is 0.366. The first-order valence-electron chi connectivity index (χ1n) is 10.7. The number of hydrogen-bond acceptors (Lipinski definition) is 6. The molecule has 1 aliphatic carbocycles. The lowest BCUT2D eigenvalue weighted by Crippen LogP contribution is -2.27. The molecule has 3 aromatic rings. The standard InChI is InChI=1S/C24H25ClFN3O3S/c1-3-10-29(2)21(16-6-5-15(25)12-17(16)26)20-13-27-23(33-20)28-22(32)24(8-9-24)14-4-7-18(30)19(31)11-14/h4-7,11-13,21,30-31H,3,8-10H2,1-2H3,(H,27,28,32)/t21-/m0/s1. The first-order valence-corrected chi connectivity index (χ1v) is 11.9. The average molecular weight is 490 g/mol. The van der Waals surface area contributed by atoms with Crippen molar-refractivity contribution in [1.29, 1.82) is 0 Å². The molecular weight excluding hydrogens is 465 g/mol. The highest BCUT2D eigenvalue weighted by atomic mass is 35.5. The molecule has 9 heteroatoms. The summed E-state index contributed by atoms with van der Waals surface area (Å²) in [5.41, 5.74) is 0.392. The molecule has 1 saturated carbocycles. The predicted molar refractivity (Wildman–Crippen MR) is 128 cm³/mol. The third-order valence-corrected chi connectivity index (χ3v) is 7.20. The molecule has 2 aromatic carbocycles. The molecule has 0 aliphatic heterocycles. The number of phenols is 2. The number of anilines is 1. The van der Waals surface area contributed by atoms with Crippen molar-refractivity contribution in [3.8, 4) is 11.5 Å². The summed E-state index contributed by atoms with van der Waals surface area (Å²) >= 11 is 7.25. The summed E-state index contributed by atoms with van der Waals surface area (Å²) in [6.07, 6.45) is 3.84. The number of aromatic nitrogens is 1. The number of hydrogen-bond donors (Lipinski definition) is 3. The minimum atomic E-state index is -0.752. The number of benzene rings is 2. The number of aromatic hydroxyl groups is 2. The summed E-state index contributed by atoms with van der Waals surface area (Å²) in [5.74, 6) is -1.09. The molecule has 1 atom stereocenters. The number of nitrogens with zero attached hydrogens (tertiary/aromatic N) is 2. The van der Waals surface area contributed by atoms with Crippen molar-refractivity contribution < 1.29 is 19.4 Å². The summed E-state index contributed by atoms with van der Waals surface area (Å²) in [6, 6.07) is 8.74. The lowest BCUT2D eigenvalue weighted by atomic mass is 9.94. The van der Waals surface area contributed by atoms with Crippen LogP contribution in [0.25, 0.3) is 0 Å². The van der Waals surface area contributed by atoms with Gasteiger partial charge in [-0.3, -0.25) is 9.69 Å². The summed E-state index contributed by atoms with van der Waals surface area (Å²) in [6.45, 7) is 2.81. The maximum absolute atomic E-state index is 14.8. The number of halogens is 2. The molecule has 0 unspecified atom stereocenters. The molecule has 174 valence electrons. The number of carbonyl (C=O) groups excluding carboxylic acids is 1. The predicted octanol–water partition coefficient (Wildman–Crippen LogP) is 5.45. The van der Waals surface area contributed by atoms with Crippen LogP contribution in [0.3, 0.4) is 0 Å². The van der Waals surface area contributed by atoms with Crippen LogP contribution in [0.4, 0.5) is 9.52 Å². The Bertz CT molecular complexity index is 1180. The van der Waals surface area contributed by atoms with Crippen LogP contribution >= 0.6 is 22.9 Å². The van der Waals surface area contributed by atoms with Gasteiger partial charge in [-0.05, 0) is 62.7 Å². The maximum Gasteiger partial charge on any atom is 0.236 e. The molecule has 1 amide bonds.